The number of piperidine rings is 1. The highest BCUT2D eigenvalue weighted by molar-refractivity contribution is 6.06. The van der Waals surface area contributed by atoms with Gasteiger partial charge in [-0.1, -0.05) is 6.04 Å². The Morgan fingerprint density at radius 1 is 1.42 bits per heavy atom. The second-order valence-corrected chi connectivity index (χ2v) is 4.36. The van der Waals surface area contributed by atoms with Gasteiger partial charge in [0.1, 0.15) is 6.02 Å². The Morgan fingerprint density at radius 2 is 2.21 bits per heavy atom. The third kappa shape index (κ3) is 1.76. The third-order valence-corrected chi connectivity index (χ3v) is 3.22. The number of amides is 3. The summed E-state index contributed by atoms with van der Waals surface area (Å²) in [4.78, 5) is 36.8. The number of imide groups is 1. The first-order valence-corrected chi connectivity index (χ1v) is 5.73. The minimum absolute atomic E-state index is 0.0774. The number of carbonyl (C=O) groups is 3. The maximum absolute atomic E-state index is 12.6. The SMILES string of the molecule is [2H]c1c([2H])c(N)c2c(c1[2H])C(=O)N([C@]1([2H])CCC(=O)NC1=O)C2. The zero-order chi connectivity index (χ0) is 17.1. The lowest BCUT2D eigenvalue weighted by atomic mass is 10.0. The first-order valence-electron chi connectivity index (χ1n) is 7.73. The molecule has 6 heteroatoms. The Kier molecular flexibility index (Phi) is 1.70. The van der Waals surface area contributed by atoms with Gasteiger partial charge in [-0.15, -0.1) is 0 Å². The fraction of sp³-hybridized carbons (Fsp3) is 0.308. The molecule has 1 aromatic carbocycles. The number of anilines is 1. The minimum Gasteiger partial charge on any atom is -0.398 e. The smallest absolute Gasteiger partial charge is 0.255 e. The number of rotatable bonds is 1. The summed E-state index contributed by atoms with van der Waals surface area (Å²) in [6.07, 6.45) is -0.238. The quantitative estimate of drug-likeness (QED) is 0.552. The molecule has 0 aromatic heterocycles. The van der Waals surface area contributed by atoms with Crippen molar-refractivity contribution in [3.05, 3.63) is 29.3 Å². The van der Waals surface area contributed by atoms with Crippen molar-refractivity contribution in [2.24, 2.45) is 0 Å². The van der Waals surface area contributed by atoms with Crippen molar-refractivity contribution in [1.29, 1.82) is 0 Å². The zero-order valence-electron chi connectivity index (χ0n) is 13.9. The molecule has 2 heterocycles. The van der Waals surface area contributed by atoms with Crippen LogP contribution in [0.3, 0.4) is 0 Å². The van der Waals surface area contributed by atoms with Gasteiger partial charge in [-0.3, -0.25) is 19.7 Å². The van der Waals surface area contributed by atoms with Crippen molar-refractivity contribution in [2.45, 2.75) is 25.4 Å². The van der Waals surface area contributed by atoms with Crippen LogP contribution in [0.2, 0.25) is 0 Å². The summed E-state index contributed by atoms with van der Waals surface area (Å²) in [5, 5.41) is 2.03. The predicted octanol–water partition coefficient (Wildman–Crippen LogP) is 0.0298. The lowest BCUT2D eigenvalue weighted by Gasteiger charge is -2.29. The lowest BCUT2D eigenvalue weighted by molar-refractivity contribution is -0.136. The van der Waals surface area contributed by atoms with E-state index in [4.69, 9.17) is 11.2 Å². The lowest BCUT2D eigenvalue weighted by Crippen LogP contribution is -2.52. The van der Waals surface area contributed by atoms with E-state index in [1.165, 1.54) is 0 Å². The highest BCUT2D eigenvalue weighted by Gasteiger charge is 2.39. The molecule has 1 saturated heterocycles. The van der Waals surface area contributed by atoms with Gasteiger partial charge in [0.2, 0.25) is 11.8 Å². The van der Waals surface area contributed by atoms with Gasteiger partial charge in [-0.2, -0.15) is 0 Å². The molecule has 0 radical (unpaired) electrons. The molecule has 1 atom stereocenters. The fourth-order valence-electron chi connectivity index (χ4n) is 2.24. The van der Waals surface area contributed by atoms with E-state index in [0.717, 1.165) is 4.90 Å². The van der Waals surface area contributed by atoms with E-state index in [-0.39, 0.29) is 42.2 Å². The molecule has 98 valence electrons. The summed E-state index contributed by atoms with van der Waals surface area (Å²) in [5.41, 5.74) is 5.69. The summed E-state index contributed by atoms with van der Waals surface area (Å²) in [6.45, 7) is -0.205. The highest BCUT2D eigenvalue weighted by Crippen LogP contribution is 2.30. The second-order valence-electron chi connectivity index (χ2n) is 4.36. The molecule has 6 nitrogen and oxygen atoms in total. The average molecular weight is 263 g/mol. The molecule has 0 bridgehead atoms. The molecular formula is C13H13N3O3. The number of nitrogens with two attached hydrogens (primary N) is 1. The van der Waals surface area contributed by atoms with Gasteiger partial charge in [-0.05, 0) is 18.5 Å². The molecule has 1 aromatic rings. The molecule has 0 spiro atoms. The molecular weight excluding hydrogens is 246 g/mol. The Hall–Kier alpha value is -2.37. The average Bonchev–Trinajstić information content (AvgIpc) is 2.85. The molecule has 3 amide bonds. The highest BCUT2D eigenvalue weighted by atomic mass is 16.2. The Morgan fingerprint density at radius 3 is 2.95 bits per heavy atom. The number of hydrogen-bond donors (Lipinski definition) is 2. The van der Waals surface area contributed by atoms with Crippen LogP contribution < -0.4 is 11.1 Å². The van der Waals surface area contributed by atoms with Crippen molar-refractivity contribution in [1.82, 2.24) is 10.2 Å². The number of hydrogen-bond acceptors (Lipinski definition) is 4. The Balaban J connectivity index is 2.08. The summed E-state index contributed by atoms with van der Waals surface area (Å²) >= 11 is 0. The first-order chi connectivity index (χ1) is 10.7. The maximum atomic E-state index is 12.6. The molecule has 2 aliphatic rings. The predicted molar refractivity (Wildman–Crippen MR) is 66.9 cm³/mol. The first kappa shape index (κ1) is 7.93. The van der Waals surface area contributed by atoms with E-state index in [1.54, 1.807) is 0 Å². The van der Waals surface area contributed by atoms with E-state index in [2.05, 4.69) is 0 Å². The molecule has 0 saturated carbocycles. The van der Waals surface area contributed by atoms with E-state index in [1.807, 2.05) is 5.32 Å². The summed E-state index contributed by atoms with van der Waals surface area (Å²) < 4.78 is 31.6. The number of nitrogens with zero attached hydrogens (tertiary/aromatic N) is 1. The Labute approximate surface area is 115 Å². The van der Waals surface area contributed by atoms with Crippen molar-refractivity contribution >= 4 is 23.4 Å². The zero-order valence-corrected chi connectivity index (χ0v) is 9.87. The second kappa shape index (κ2) is 4.08. The normalized spacial score (nSPS) is 29.3. The van der Waals surface area contributed by atoms with Crippen LogP contribution in [-0.4, -0.2) is 28.6 Å². The molecule has 19 heavy (non-hydrogen) atoms. The summed E-state index contributed by atoms with van der Waals surface area (Å²) in [6, 6.07) is -3.25. The van der Waals surface area contributed by atoms with E-state index in [9.17, 15) is 14.4 Å². The van der Waals surface area contributed by atoms with Crippen LogP contribution in [0.5, 0.6) is 0 Å². The van der Waals surface area contributed by atoms with E-state index >= 15 is 0 Å². The molecule has 3 N–H and O–H groups in total. The number of fused-ring (bicyclic) bond motifs is 1. The van der Waals surface area contributed by atoms with Gasteiger partial charge in [0.05, 0.1) is 5.48 Å². The topological polar surface area (TPSA) is 92.5 Å². The van der Waals surface area contributed by atoms with E-state index < -0.39 is 35.8 Å². The van der Waals surface area contributed by atoms with Gasteiger partial charge in [0.25, 0.3) is 5.91 Å². The van der Waals surface area contributed by atoms with Crippen molar-refractivity contribution in [3.8, 4) is 0 Å². The van der Waals surface area contributed by atoms with Gasteiger partial charge >= 0.3 is 0 Å². The van der Waals surface area contributed by atoms with E-state index in [0.29, 0.717) is 0 Å². The van der Waals surface area contributed by atoms with Crippen molar-refractivity contribution in [2.75, 3.05) is 5.73 Å². The molecule has 0 aliphatic carbocycles. The number of nitrogens with one attached hydrogen (secondary N) is 1. The maximum Gasteiger partial charge on any atom is 0.255 e. The van der Waals surface area contributed by atoms with Gasteiger partial charge < -0.3 is 10.6 Å². The van der Waals surface area contributed by atoms with Crippen LogP contribution in [-0.2, 0) is 16.1 Å². The van der Waals surface area contributed by atoms with Crippen molar-refractivity contribution in [3.63, 3.8) is 0 Å². The number of nitrogen functional groups attached to an aromatic ring is 1. The monoisotopic (exact) mass is 263 g/mol. The summed E-state index contributed by atoms with van der Waals surface area (Å²) in [5.74, 6) is -2.17. The number of benzene rings is 1. The van der Waals surface area contributed by atoms with Crippen molar-refractivity contribution < 1.29 is 19.9 Å². The number of carbonyl (C=O) groups excluding carboxylic acids is 3. The van der Waals surface area contributed by atoms with Crippen LogP contribution in [0.1, 0.15) is 34.2 Å². The third-order valence-electron chi connectivity index (χ3n) is 3.22. The largest absolute Gasteiger partial charge is 0.398 e. The molecule has 0 unspecified atom stereocenters. The van der Waals surface area contributed by atoms with Crippen LogP contribution in [0.25, 0.3) is 0 Å². The molecule has 3 rings (SSSR count). The fourth-order valence-corrected chi connectivity index (χ4v) is 2.24. The van der Waals surface area contributed by atoms with Gasteiger partial charge in [0, 0.05) is 29.8 Å². The standard InChI is InChI=1S/C13H13N3O3/c14-9-3-1-2-7-8(9)6-16(13(7)19)10-4-5-11(17)15-12(10)18/h1-3,10H,4-6,14H2,(H,15,17,18)/t10-/m1/s1/i1D,2D,3D,10D. The van der Waals surface area contributed by atoms with Crippen LogP contribution >= 0.6 is 0 Å². The molecule has 2 aliphatic heterocycles. The Bertz CT molecular complexity index is 782. The van der Waals surface area contributed by atoms with Crippen LogP contribution in [0, 0.1) is 0 Å². The minimum atomic E-state index is -1.98. The van der Waals surface area contributed by atoms with Gasteiger partial charge in [-0.25, -0.2) is 0 Å². The van der Waals surface area contributed by atoms with Crippen LogP contribution in [0.15, 0.2) is 18.1 Å². The van der Waals surface area contributed by atoms with Gasteiger partial charge in [0.15, 0.2) is 0 Å². The molecule has 1 fully saturated rings. The summed E-state index contributed by atoms with van der Waals surface area (Å²) in [7, 11) is 0. The van der Waals surface area contributed by atoms with Crippen LogP contribution in [0.4, 0.5) is 5.69 Å².